The molecule has 2 nitrogen and oxygen atoms in total. The molecule has 0 aliphatic heterocycles. The lowest BCUT2D eigenvalue weighted by Crippen LogP contribution is -2.04. The Hall–Kier alpha value is -1.88. The van der Waals surface area contributed by atoms with Gasteiger partial charge in [0.05, 0.1) is 25.2 Å². The third-order valence-corrected chi connectivity index (χ3v) is 3.49. The summed E-state index contributed by atoms with van der Waals surface area (Å²) in [5, 5.41) is -1.09. The van der Waals surface area contributed by atoms with Crippen LogP contribution in [0.3, 0.4) is 0 Å². The molecule has 1 atom stereocenters. The zero-order valence-corrected chi connectivity index (χ0v) is 12.0. The second kappa shape index (κ2) is 6.26. The zero-order valence-electron chi connectivity index (χ0n) is 11.3. The smallest absolute Gasteiger partial charge is 0.161 e. The highest BCUT2D eigenvalue weighted by atomic mass is 35.5. The lowest BCUT2D eigenvalue weighted by molar-refractivity contribution is 0.385. The topological polar surface area (TPSA) is 18.5 Å². The molecule has 0 N–H and O–H groups in total. The number of alkyl halides is 1. The Kier molecular flexibility index (Phi) is 4.63. The number of rotatable bonds is 4. The maximum absolute atomic E-state index is 13.9. The van der Waals surface area contributed by atoms with Gasteiger partial charge in [-0.2, -0.15) is 0 Å². The molecule has 0 heterocycles. The van der Waals surface area contributed by atoms with Crippen LogP contribution in [0.25, 0.3) is 0 Å². The highest BCUT2D eigenvalue weighted by Gasteiger charge is 2.24. The van der Waals surface area contributed by atoms with E-state index in [0.717, 1.165) is 6.07 Å². The van der Waals surface area contributed by atoms with E-state index in [4.69, 9.17) is 21.1 Å². The fraction of sp³-hybridized carbons (Fsp3) is 0.200. The highest BCUT2D eigenvalue weighted by molar-refractivity contribution is 6.23. The van der Waals surface area contributed by atoms with Crippen LogP contribution in [0.15, 0.2) is 30.3 Å². The first-order valence-electron chi connectivity index (χ1n) is 5.99. The van der Waals surface area contributed by atoms with Gasteiger partial charge >= 0.3 is 0 Å². The molecule has 0 radical (unpaired) electrons. The Balaban J connectivity index is 2.59. The van der Waals surface area contributed by atoms with Gasteiger partial charge in [0.2, 0.25) is 0 Å². The van der Waals surface area contributed by atoms with Crippen LogP contribution in [0.4, 0.5) is 13.2 Å². The molecule has 0 bridgehead atoms. The third kappa shape index (κ3) is 2.93. The van der Waals surface area contributed by atoms with Crippen molar-refractivity contribution >= 4 is 11.6 Å². The van der Waals surface area contributed by atoms with E-state index in [2.05, 4.69) is 0 Å². The van der Waals surface area contributed by atoms with Crippen LogP contribution in [0.1, 0.15) is 16.5 Å². The molecule has 6 heteroatoms. The van der Waals surface area contributed by atoms with E-state index >= 15 is 0 Å². The molecule has 0 amide bonds. The summed E-state index contributed by atoms with van der Waals surface area (Å²) < 4.78 is 50.6. The maximum atomic E-state index is 13.9. The van der Waals surface area contributed by atoms with Crippen molar-refractivity contribution in [1.29, 1.82) is 0 Å². The first-order valence-corrected chi connectivity index (χ1v) is 6.42. The fourth-order valence-electron chi connectivity index (χ4n) is 2.02. The Labute approximate surface area is 125 Å². The van der Waals surface area contributed by atoms with Gasteiger partial charge in [0.1, 0.15) is 17.3 Å². The van der Waals surface area contributed by atoms with Crippen molar-refractivity contribution in [3.05, 3.63) is 58.9 Å². The summed E-state index contributed by atoms with van der Waals surface area (Å²) in [5.74, 6) is -2.67. The Morgan fingerprint density at radius 3 is 1.95 bits per heavy atom. The highest BCUT2D eigenvalue weighted by Crippen LogP contribution is 2.42. The van der Waals surface area contributed by atoms with Gasteiger partial charge in [0.25, 0.3) is 0 Å². The molecule has 0 aliphatic carbocycles. The van der Waals surface area contributed by atoms with Gasteiger partial charge in [-0.15, -0.1) is 11.6 Å². The van der Waals surface area contributed by atoms with E-state index in [-0.39, 0.29) is 5.56 Å². The van der Waals surface area contributed by atoms with Gasteiger partial charge in [0.15, 0.2) is 11.6 Å². The fourth-order valence-corrected chi connectivity index (χ4v) is 2.40. The van der Waals surface area contributed by atoms with Gasteiger partial charge in [-0.1, -0.05) is 6.07 Å². The monoisotopic (exact) mass is 316 g/mol. The Morgan fingerprint density at radius 2 is 1.43 bits per heavy atom. The number of halogens is 4. The van der Waals surface area contributed by atoms with Gasteiger partial charge < -0.3 is 9.47 Å². The summed E-state index contributed by atoms with van der Waals surface area (Å²) in [7, 11) is 2.84. The largest absolute Gasteiger partial charge is 0.496 e. The molecule has 0 aliphatic rings. The average molecular weight is 317 g/mol. The summed E-state index contributed by atoms with van der Waals surface area (Å²) in [5.41, 5.74) is 0.146. The molecule has 21 heavy (non-hydrogen) atoms. The summed E-state index contributed by atoms with van der Waals surface area (Å²) in [6.07, 6.45) is 0. The molecule has 0 saturated heterocycles. The minimum absolute atomic E-state index is 0.196. The van der Waals surface area contributed by atoms with E-state index < -0.39 is 22.8 Å². The van der Waals surface area contributed by atoms with Gasteiger partial charge in [-0.05, 0) is 18.2 Å². The molecule has 2 rings (SSSR count). The van der Waals surface area contributed by atoms with Crippen LogP contribution in [0.5, 0.6) is 11.5 Å². The Bertz CT molecular complexity index is 639. The number of hydrogen-bond donors (Lipinski definition) is 0. The molecule has 2 aromatic rings. The van der Waals surface area contributed by atoms with Crippen LogP contribution in [-0.2, 0) is 0 Å². The molecule has 0 fully saturated rings. The van der Waals surface area contributed by atoms with Crippen molar-refractivity contribution in [2.45, 2.75) is 5.38 Å². The van der Waals surface area contributed by atoms with Crippen LogP contribution >= 0.6 is 11.6 Å². The molecule has 2 aromatic carbocycles. The first kappa shape index (κ1) is 15.5. The second-order valence-electron chi connectivity index (χ2n) is 4.23. The average Bonchev–Trinajstić information content (AvgIpc) is 2.49. The summed E-state index contributed by atoms with van der Waals surface area (Å²) in [6.45, 7) is 0. The van der Waals surface area contributed by atoms with Crippen molar-refractivity contribution in [2.24, 2.45) is 0 Å². The normalized spacial score (nSPS) is 12.1. The van der Waals surface area contributed by atoms with Gasteiger partial charge in [0, 0.05) is 11.6 Å². The number of hydrogen-bond acceptors (Lipinski definition) is 2. The summed E-state index contributed by atoms with van der Waals surface area (Å²) in [6, 6.07) is 6.10. The van der Waals surface area contributed by atoms with Crippen molar-refractivity contribution in [3.8, 4) is 11.5 Å². The SMILES string of the molecule is COc1cccc(OC)c1C(Cl)c1cc(F)c(F)cc1F. The minimum atomic E-state index is -1.27. The Morgan fingerprint density at radius 1 is 0.905 bits per heavy atom. The molecular weight excluding hydrogens is 305 g/mol. The van der Waals surface area contributed by atoms with E-state index in [1.54, 1.807) is 18.2 Å². The molecular formula is C15H12ClF3O2. The quantitative estimate of drug-likeness (QED) is 0.613. The van der Waals surface area contributed by atoms with E-state index in [1.807, 2.05) is 0 Å². The first-order chi connectivity index (χ1) is 9.99. The zero-order chi connectivity index (χ0) is 15.6. The molecule has 1 unspecified atom stereocenters. The lowest BCUT2D eigenvalue weighted by atomic mass is 10.0. The van der Waals surface area contributed by atoms with E-state index in [0.29, 0.717) is 23.1 Å². The van der Waals surface area contributed by atoms with E-state index in [1.165, 1.54) is 14.2 Å². The van der Waals surface area contributed by atoms with Crippen LogP contribution in [0.2, 0.25) is 0 Å². The minimum Gasteiger partial charge on any atom is -0.496 e. The number of ether oxygens (including phenoxy) is 2. The molecule has 112 valence electrons. The van der Waals surface area contributed by atoms with Crippen molar-refractivity contribution < 1.29 is 22.6 Å². The van der Waals surface area contributed by atoms with E-state index in [9.17, 15) is 13.2 Å². The number of benzene rings is 2. The standard InChI is InChI=1S/C15H12ClF3O2/c1-20-12-4-3-5-13(21-2)14(12)15(16)8-6-10(18)11(19)7-9(8)17/h3-7,15H,1-2H3. The molecule has 0 spiro atoms. The summed E-state index contributed by atoms with van der Waals surface area (Å²) in [4.78, 5) is 0. The molecule has 0 saturated carbocycles. The van der Waals surface area contributed by atoms with Crippen LogP contribution in [-0.4, -0.2) is 14.2 Å². The van der Waals surface area contributed by atoms with Gasteiger partial charge in [-0.25, -0.2) is 13.2 Å². The molecule has 0 aromatic heterocycles. The predicted molar refractivity (Wildman–Crippen MR) is 73.6 cm³/mol. The number of methoxy groups -OCH3 is 2. The van der Waals surface area contributed by atoms with Gasteiger partial charge in [-0.3, -0.25) is 0 Å². The van der Waals surface area contributed by atoms with Crippen molar-refractivity contribution in [3.63, 3.8) is 0 Å². The summed E-state index contributed by atoms with van der Waals surface area (Å²) >= 11 is 6.24. The van der Waals surface area contributed by atoms with Crippen LogP contribution < -0.4 is 9.47 Å². The van der Waals surface area contributed by atoms with Crippen LogP contribution in [0, 0.1) is 17.5 Å². The van der Waals surface area contributed by atoms with Crippen molar-refractivity contribution in [2.75, 3.05) is 14.2 Å². The third-order valence-electron chi connectivity index (χ3n) is 3.03. The maximum Gasteiger partial charge on any atom is 0.161 e. The lowest BCUT2D eigenvalue weighted by Gasteiger charge is -2.18. The predicted octanol–water partition coefficient (Wildman–Crippen LogP) is 4.45. The van der Waals surface area contributed by atoms with Crippen molar-refractivity contribution in [1.82, 2.24) is 0 Å². The second-order valence-corrected chi connectivity index (χ2v) is 4.66.